The van der Waals surface area contributed by atoms with Crippen LogP contribution in [0.1, 0.15) is 23.7 Å². The van der Waals surface area contributed by atoms with Crippen molar-refractivity contribution in [2.45, 2.75) is 32.8 Å². The van der Waals surface area contributed by atoms with Gasteiger partial charge in [0, 0.05) is 44.7 Å². The van der Waals surface area contributed by atoms with Gasteiger partial charge in [-0.05, 0) is 20.8 Å². The Balaban J connectivity index is 0.00000361. The number of rotatable bonds is 6. The predicted molar refractivity (Wildman–Crippen MR) is 96.4 cm³/mol. The van der Waals surface area contributed by atoms with Crippen LogP contribution in [0.5, 0.6) is 0 Å². The highest BCUT2D eigenvalue weighted by molar-refractivity contribution is 14.0. The molecular weight excluding hydrogens is 387 g/mol. The molecule has 0 atom stereocenters. The second-order valence-electron chi connectivity index (χ2n) is 4.93. The van der Waals surface area contributed by atoms with Crippen LogP contribution in [0.3, 0.4) is 0 Å². The summed E-state index contributed by atoms with van der Waals surface area (Å²) in [4.78, 5) is 9.77. The van der Waals surface area contributed by atoms with Crippen LogP contribution in [0.25, 0.3) is 0 Å². The Morgan fingerprint density at radius 2 is 2.15 bits per heavy atom. The molecule has 116 valence electrons. The Kier molecular flexibility index (Phi) is 9.32. The molecule has 1 heterocycles. The van der Waals surface area contributed by atoms with Gasteiger partial charge in [-0.25, -0.2) is 4.98 Å². The number of halogens is 1. The average Bonchev–Trinajstić information content (AvgIpc) is 2.79. The van der Waals surface area contributed by atoms with Crippen molar-refractivity contribution >= 4 is 41.3 Å². The van der Waals surface area contributed by atoms with Gasteiger partial charge in [-0.15, -0.1) is 35.3 Å². The van der Waals surface area contributed by atoms with E-state index in [1.165, 1.54) is 4.88 Å². The van der Waals surface area contributed by atoms with Crippen LogP contribution in [0.2, 0.25) is 0 Å². The molecule has 0 amide bonds. The number of nitrogens with one attached hydrogen (secondary N) is 2. The molecule has 0 spiro atoms. The van der Waals surface area contributed by atoms with Gasteiger partial charge >= 0.3 is 0 Å². The van der Waals surface area contributed by atoms with Crippen molar-refractivity contribution in [3.8, 4) is 0 Å². The molecule has 0 fully saturated rings. The van der Waals surface area contributed by atoms with Crippen molar-refractivity contribution in [3.63, 3.8) is 0 Å². The van der Waals surface area contributed by atoms with E-state index in [1.807, 2.05) is 20.0 Å². The molecular formula is C13H25IN4OS. The van der Waals surface area contributed by atoms with Gasteiger partial charge in [0.15, 0.2) is 5.96 Å². The zero-order valence-corrected chi connectivity index (χ0v) is 16.0. The Bertz CT molecular complexity index is 420. The normalized spacial score (nSPS) is 11.9. The van der Waals surface area contributed by atoms with Gasteiger partial charge in [0.25, 0.3) is 0 Å². The summed E-state index contributed by atoms with van der Waals surface area (Å²) in [6.45, 7) is 7.67. The standard InChI is InChI=1S/C13H24N4OS.HI/c1-10-8-16-11(19-10)6-7-15-12(14-4)17-9-13(2,3)18-5;/h8H,6-7,9H2,1-5H3,(H2,14,15,17);1H. The fourth-order valence-electron chi connectivity index (χ4n) is 1.39. The first kappa shape index (κ1) is 19.6. The number of ether oxygens (including phenoxy) is 1. The highest BCUT2D eigenvalue weighted by Gasteiger charge is 2.16. The number of aromatic nitrogens is 1. The Morgan fingerprint density at radius 3 is 2.65 bits per heavy atom. The van der Waals surface area contributed by atoms with Crippen LogP contribution in [0, 0.1) is 6.92 Å². The van der Waals surface area contributed by atoms with Gasteiger partial charge in [0.05, 0.1) is 10.6 Å². The third kappa shape index (κ3) is 7.39. The summed E-state index contributed by atoms with van der Waals surface area (Å²) in [7, 11) is 3.48. The van der Waals surface area contributed by atoms with Gasteiger partial charge in [0.2, 0.25) is 0 Å². The second-order valence-corrected chi connectivity index (χ2v) is 6.25. The highest BCUT2D eigenvalue weighted by Crippen LogP contribution is 2.10. The number of thiazole rings is 1. The minimum atomic E-state index is -0.204. The smallest absolute Gasteiger partial charge is 0.191 e. The molecule has 0 aromatic carbocycles. The van der Waals surface area contributed by atoms with Crippen molar-refractivity contribution in [2.75, 3.05) is 27.2 Å². The molecule has 1 aromatic rings. The lowest BCUT2D eigenvalue weighted by Crippen LogP contribution is -2.45. The van der Waals surface area contributed by atoms with E-state index in [2.05, 4.69) is 27.5 Å². The number of hydrogen-bond donors (Lipinski definition) is 2. The minimum absolute atomic E-state index is 0. The number of methoxy groups -OCH3 is 1. The zero-order valence-electron chi connectivity index (χ0n) is 12.8. The van der Waals surface area contributed by atoms with Gasteiger partial charge in [0.1, 0.15) is 0 Å². The Labute approximate surface area is 142 Å². The van der Waals surface area contributed by atoms with E-state index < -0.39 is 0 Å². The summed E-state index contributed by atoms with van der Waals surface area (Å²) >= 11 is 1.74. The van der Waals surface area contributed by atoms with Crippen molar-refractivity contribution in [1.29, 1.82) is 0 Å². The molecule has 0 unspecified atom stereocenters. The summed E-state index contributed by atoms with van der Waals surface area (Å²) in [6, 6.07) is 0. The molecule has 2 N–H and O–H groups in total. The van der Waals surface area contributed by atoms with Crippen LogP contribution in [0.15, 0.2) is 11.2 Å². The maximum atomic E-state index is 5.36. The molecule has 0 aliphatic heterocycles. The Morgan fingerprint density at radius 1 is 1.45 bits per heavy atom. The van der Waals surface area contributed by atoms with Crippen LogP contribution >= 0.6 is 35.3 Å². The first-order valence-corrected chi connectivity index (χ1v) is 7.19. The van der Waals surface area contributed by atoms with Crippen molar-refractivity contribution < 1.29 is 4.74 Å². The fraction of sp³-hybridized carbons (Fsp3) is 0.692. The van der Waals surface area contributed by atoms with Gasteiger partial charge in [-0.3, -0.25) is 4.99 Å². The van der Waals surface area contributed by atoms with Crippen LogP contribution in [-0.2, 0) is 11.2 Å². The summed E-state index contributed by atoms with van der Waals surface area (Å²) in [6.07, 6.45) is 2.82. The van der Waals surface area contributed by atoms with E-state index in [0.29, 0.717) is 6.54 Å². The number of hydrogen-bond acceptors (Lipinski definition) is 4. The van der Waals surface area contributed by atoms with Crippen molar-refractivity contribution in [2.24, 2.45) is 4.99 Å². The molecule has 0 bridgehead atoms. The predicted octanol–water partition coefficient (Wildman–Crippen LogP) is 2.20. The number of guanidine groups is 1. The van der Waals surface area contributed by atoms with Crippen molar-refractivity contribution in [1.82, 2.24) is 15.6 Å². The molecule has 0 saturated heterocycles. The lowest BCUT2D eigenvalue weighted by atomic mass is 10.1. The summed E-state index contributed by atoms with van der Waals surface area (Å²) in [5.74, 6) is 0.790. The number of nitrogens with zero attached hydrogens (tertiary/aromatic N) is 2. The highest BCUT2D eigenvalue weighted by atomic mass is 127. The van der Waals surface area contributed by atoms with E-state index >= 15 is 0 Å². The molecule has 0 saturated carbocycles. The van der Waals surface area contributed by atoms with E-state index in [0.717, 1.165) is 23.9 Å². The fourth-order valence-corrected chi connectivity index (χ4v) is 2.18. The average molecular weight is 412 g/mol. The molecule has 5 nitrogen and oxygen atoms in total. The lowest BCUT2D eigenvalue weighted by Gasteiger charge is -2.24. The molecule has 1 aromatic heterocycles. The van der Waals surface area contributed by atoms with Crippen LogP contribution in [-0.4, -0.2) is 43.8 Å². The number of aryl methyl sites for hydroxylation is 1. The maximum Gasteiger partial charge on any atom is 0.191 e. The first-order chi connectivity index (χ1) is 8.96. The summed E-state index contributed by atoms with van der Waals surface area (Å²) in [5.41, 5.74) is -0.204. The Hall–Kier alpha value is -0.410. The quantitative estimate of drug-likeness (QED) is 0.428. The van der Waals surface area contributed by atoms with Gasteiger partial charge in [-0.2, -0.15) is 0 Å². The molecule has 0 aliphatic carbocycles. The summed E-state index contributed by atoms with van der Waals surface area (Å²) < 4.78 is 5.36. The van der Waals surface area contributed by atoms with Gasteiger partial charge in [-0.1, -0.05) is 0 Å². The zero-order chi connectivity index (χ0) is 14.3. The molecule has 1 rings (SSSR count). The topological polar surface area (TPSA) is 58.5 Å². The SMILES string of the molecule is CN=C(NCCc1ncc(C)s1)NCC(C)(C)OC.I. The first-order valence-electron chi connectivity index (χ1n) is 6.38. The van der Waals surface area contributed by atoms with Crippen LogP contribution in [0.4, 0.5) is 0 Å². The molecule has 20 heavy (non-hydrogen) atoms. The molecule has 7 heteroatoms. The third-order valence-corrected chi connectivity index (χ3v) is 3.73. The minimum Gasteiger partial charge on any atom is -0.377 e. The number of aliphatic imine (C=N–C) groups is 1. The molecule has 0 aliphatic rings. The van der Waals surface area contributed by atoms with E-state index in [9.17, 15) is 0 Å². The van der Waals surface area contributed by atoms with E-state index in [-0.39, 0.29) is 29.6 Å². The van der Waals surface area contributed by atoms with E-state index in [4.69, 9.17) is 4.74 Å². The summed E-state index contributed by atoms with van der Waals surface area (Å²) in [5, 5.41) is 7.67. The molecule has 0 radical (unpaired) electrons. The second kappa shape index (κ2) is 9.51. The van der Waals surface area contributed by atoms with Crippen molar-refractivity contribution in [3.05, 3.63) is 16.1 Å². The van der Waals surface area contributed by atoms with Gasteiger partial charge < -0.3 is 15.4 Å². The monoisotopic (exact) mass is 412 g/mol. The van der Waals surface area contributed by atoms with E-state index in [1.54, 1.807) is 25.5 Å². The van der Waals surface area contributed by atoms with Crippen LogP contribution < -0.4 is 10.6 Å². The third-order valence-electron chi connectivity index (χ3n) is 2.76. The largest absolute Gasteiger partial charge is 0.377 e. The lowest BCUT2D eigenvalue weighted by molar-refractivity contribution is 0.0268. The maximum absolute atomic E-state index is 5.36.